The number of hydrogen-bond acceptors (Lipinski definition) is 7. The molecule has 2 heterocycles. The molecule has 148 valence electrons. The summed E-state index contributed by atoms with van der Waals surface area (Å²) in [6, 6.07) is 16.2. The Morgan fingerprint density at radius 1 is 1.10 bits per heavy atom. The minimum Gasteiger partial charge on any atom is -0.478 e. The van der Waals surface area contributed by atoms with Gasteiger partial charge in [0.1, 0.15) is 18.2 Å². The molecule has 29 heavy (non-hydrogen) atoms. The summed E-state index contributed by atoms with van der Waals surface area (Å²) in [5, 5.41) is 15.5. The van der Waals surface area contributed by atoms with Crippen LogP contribution in [0.5, 0.6) is 16.6 Å². The number of nitriles is 1. The predicted octanol–water partition coefficient (Wildman–Crippen LogP) is 3.64. The lowest BCUT2D eigenvalue weighted by Gasteiger charge is -2.07. The van der Waals surface area contributed by atoms with Crippen LogP contribution in [0.4, 0.5) is 0 Å². The standard InChI is InChI=1S/C22H21N3O3S/c23-7-8-25-11-15-1-3-16(4-2-15)12-26-22-18(10-24)19(13-29-22)17-5-6-20-21(9-17)28-14-27-20/h1-6,9,13,25H,7-8,11-12,14,23H2. The fourth-order valence-electron chi connectivity index (χ4n) is 3.07. The molecule has 0 bridgehead atoms. The van der Waals surface area contributed by atoms with E-state index in [9.17, 15) is 5.26 Å². The molecule has 0 aliphatic carbocycles. The average molecular weight is 407 g/mol. The summed E-state index contributed by atoms with van der Waals surface area (Å²) in [6.07, 6.45) is 0. The second-order valence-electron chi connectivity index (χ2n) is 6.56. The van der Waals surface area contributed by atoms with Gasteiger partial charge in [0.2, 0.25) is 6.79 Å². The van der Waals surface area contributed by atoms with Gasteiger partial charge in [-0.3, -0.25) is 0 Å². The maximum absolute atomic E-state index is 9.68. The number of rotatable bonds is 8. The molecule has 7 heteroatoms. The summed E-state index contributed by atoms with van der Waals surface area (Å²) >= 11 is 1.43. The highest BCUT2D eigenvalue weighted by molar-refractivity contribution is 7.12. The second-order valence-corrected chi connectivity index (χ2v) is 7.40. The van der Waals surface area contributed by atoms with Crippen molar-refractivity contribution in [2.75, 3.05) is 19.9 Å². The second kappa shape index (κ2) is 8.97. The Labute approximate surface area is 173 Å². The summed E-state index contributed by atoms with van der Waals surface area (Å²) in [6.45, 7) is 2.85. The number of nitrogens with one attached hydrogen (secondary N) is 1. The van der Waals surface area contributed by atoms with Crippen molar-refractivity contribution >= 4 is 11.3 Å². The Bertz CT molecular complexity index is 1020. The Morgan fingerprint density at radius 3 is 2.69 bits per heavy atom. The van der Waals surface area contributed by atoms with Crippen LogP contribution in [0.2, 0.25) is 0 Å². The van der Waals surface area contributed by atoms with Crippen LogP contribution < -0.4 is 25.3 Å². The Balaban J connectivity index is 1.44. The maximum atomic E-state index is 9.68. The van der Waals surface area contributed by atoms with Crippen molar-refractivity contribution < 1.29 is 14.2 Å². The Hall–Kier alpha value is -3.05. The number of nitrogens with two attached hydrogens (primary N) is 1. The monoisotopic (exact) mass is 407 g/mol. The smallest absolute Gasteiger partial charge is 0.231 e. The molecule has 0 saturated heterocycles. The van der Waals surface area contributed by atoms with E-state index in [2.05, 4.69) is 23.5 Å². The summed E-state index contributed by atoms with van der Waals surface area (Å²) < 4.78 is 16.8. The van der Waals surface area contributed by atoms with E-state index in [1.165, 1.54) is 16.9 Å². The molecule has 1 aromatic heterocycles. The van der Waals surface area contributed by atoms with Gasteiger partial charge in [-0.05, 0) is 28.8 Å². The van der Waals surface area contributed by atoms with E-state index in [0.29, 0.717) is 29.5 Å². The van der Waals surface area contributed by atoms with E-state index in [1.807, 2.05) is 35.7 Å². The van der Waals surface area contributed by atoms with Gasteiger partial charge in [0.05, 0.1) is 0 Å². The zero-order valence-electron chi connectivity index (χ0n) is 15.8. The van der Waals surface area contributed by atoms with Gasteiger partial charge in [-0.2, -0.15) is 5.26 Å². The molecule has 6 nitrogen and oxygen atoms in total. The van der Waals surface area contributed by atoms with E-state index in [1.54, 1.807) is 0 Å². The van der Waals surface area contributed by atoms with Crippen LogP contribution in [0.3, 0.4) is 0 Å². The molecule has 0 unspecified atom stereocenters. The SMILES string of the molecule is N#Cc1c(-c2ccc3c(c2)OCO3)csc1OCc1ccc(CNCCN)cc1. The third kappa shape index (κ3) is 4.35. The van der Waals surface area contributed by atoms with Crippen molar-refractivity contribution in [3.05, 3.63) is 64.5 Å². The van der Waals surface area contributed by atoms with Gasteiger partial charge in [0, 0.05) is 30.6 Å². The van der Waals surface area contributed by atoms with Crippen LogP contribution in [0.25, 0.3) is 11.1 Å². The third-order valence-electron chi connectivity index (χ3n) is 4.60. The normalized spacial score (nSPS) is 12.0. The van der Waals surface area contributed by atoms with Crippen molar-refractivity contribution in [2.45, 2.75) is 13.2 Å². The maximum Gasteiger partial charge on any atom is 0.231 e. The molecule has 0 radical (unpaired) electrons. The van der Waals surface area contributed by atoms with Crippen molar-refractivity contribution in [1.82, 2.24) is 5.32 Å². The molecule has 0 amide bonds. The molecule has 0 fully saturated rings. The number of hydrogen-bond donors (Lipinski definition) is 2. The van der Waals surface area contributed by atoms with E-state index in [4.69, 9.17) is 19.9 Å². The minimum atomic E-state index is 0.226. The van der Waals surface area contributed by atoms with Crippen LogP contribution in [0.1, 0.15) is 16.7 Å². The van der Waals surface area contributed by atoms with Gasteiger partial charge in [0.15, 0.2) is 16.6 Å². The van der Waals surface area contributed by atoms with E-state index >= 15 is 0 Å². The van der Waals surface area contributed by atoms with Crippen LogP contribution >= 0.6 is 11.3 Å². The third-order valence-corrected chi connectivity index (χ3v) is 5.49. The molecule has 0 spiro atoms. The molecular weight excluding hydrogens is 386 g/mol. The highest BCUT2D eigenvalue weighted by Gasteiger charge is 2.18. The fourth-order valence-corrected chi connectivity index (χ4v) is 3.95. The average Bonchev–Trinajstić information content (AvgIpc) is 3.39. The van der Waals surface area contributed by atoms with Gasteiger partial charge in [-0.1, -0.05) is 30.3 Å². The minimum absolute atomic E-state index is 0.226. The molecule has 0 atom stereocenters. The van der Waals surface area contributed by atoms with Crippen molar-refractivity contribution in [3.8, 4) is 33.8 Å². The molecule has 1 aliphatic rings. The topological polar surface area (TPSA) is 89.5 Å². The van der Waals surface area contributed by atoms with Gasteiger partial charge in [-0.15, -0.1) is 11.3 Å². The zero-order valence-corrected chi connectivity index (χ0v) is 16.6. The first kappa shape index (κ1) is 19.3. The largest absolute Gasteiger partial charge is 0.478 e. The van der Waals surface area contributed by atoms with Crippen LogP contribution in [0, 0.1) is 11.3 Å². The van der Waals surface area contributed by atoms with Crippen LogP contribution in [-0.2, 0) is 13.2 Å². The zero-order chi connectivity index (χ0) is 20.1. The van der Waals surface area contributed by atoms with Crippen LogP contribution in [0.15, 0.2) is 47.8 Å². The quantitative estimate of drug-likeness (QED) is 0.554. The number of thiophene rings is 1. The first-order chi connectivity index (χ1) is 14.3. The first-order valence-corrected chi connectivity index (χ1v) is 10.2. The molecular formula is C22H21N3O3S. The number of nitrogens with zero attached hydrogens (tertiary/aromatic N) is 1. The van der Waals surface area contributed by atoms with Gasteiger partial charge >= 0.3 is 0 Å². The summed E-state index contributed by atoms with van der Waals surface area (Å²) in [7, 11) is 0. The molecule has 1 aliphatic heterocycles. The highest BCUT2D eigenvalue weighted by atomic mass is 32.1. The molecule has 0 saturated carbocycles. The van der Waals surface area contributed by atoms with Gasteiger partial charge < -0.3 is 25.3 Å². The summed E-state index contributed by atoms with van der Waals surface area (Å²) in [5.41, 5.74) is 10.0. The lowest BCUT2D eigenvalue weighted by atomic mass is 10.0. The van der Waals surface area contributed by atoms with Crippen molar-refractivity contribution in [1.29, 1.82) is 5.26 Å². The predicted molar refractivity (Wildman–Crippen MR) is 112 cm³/mol. The van der Waals surface area contributed by atoms with E-state index < -0.39 is 0 Å². The van der Waals surface area contributed by atoms with Crippen LogP contribution in [-0.4, -0.2) is 19.9 Å². The van der Waals surface area contributed by atoms with E-state index in [-0.39, 0.29) is 6.79 Å². The first-order valence-electron chi connectivity index (χ1n) is 9.31. The number of ether oxygens (including phenoxy) is 3. The van der Waals surface area contributed by atoms with Gasteiger partial charge in [-0.25, -0.2) is 0 Å². The number of fused-ring (bicyclic) bond motifs is 1. The van der Waals surface area contributed by atoms with E-state index in [0.717, 1.165) is 35.5 Å². The lowest BCUT2D eigenvalue weighted by Crippen LogP contribution is -2.21. The molecule has 2 aromatic carbocycles. The highest BCUT2D eigenvalue weighted by Crippen LogP contribution is 2.41. The molecule has 4 rings (SSSR count). The van der Waals surface area contributed by atoms with Gasteiger partial charge in [0.25, 0.3) is 0 Å². The van der Waals surface area contributed by atoms with Crippen molar-refractivity contribution in [3.63, 3.8) is 0 Å². The summed E-state index contributed by atoms with van der Waals surface area (Å²) in [5.74, 6) is 1.42. The van der Waals surface area contributed by atoms with Crippen molar-refractivity contribution in [2.24, 2.45) is 5.73 Å². The molecule has 3 aromatic rings. The summed E-state index contributed by atoms with van der Waals surface area (Å²) in [4.78, 5) is 0. The lowest BCUT2D eigenvalue weighted by molar-refractivity contribution is 0.174. The fraction of sp³-hybridized carbons (Fsp3) is 0.227. The molecule has 3 N–H and O–H groups in total. The number of benzene rings is 2. The Morgan fingerprint density at radius 2 is 1.90 bits per heavy atom. The Kier molecular flexibility index (Phi) is 5.96.